The van der Waals surface area contributed by atoms with Gasteiger partial charge in [0.25, 0.3) is 0 Å². The first-order valence-electron chi connectivity index (χ1n) is 9.62. The van der Waals surface area contributed by atoms with Crippen LogP contribution in [0.5, 0.6) is 0 Å². The van der Waals surface area contributed by atoms with Crippen LogP contribution in [0.2, 0.25) is 5.02 Å². The zero-order valence-corrected chi connectivity index (χ0v) is 20.2. The maximum absolute atomic E-state index is 12.3. The lowest BCUT2D eigenvalue weighted by molar-refractivity contribution is -0.113. The molecule has 0 saturated heterocycles. The van der Waals surface area contributed by atoms with Gasteiger partial charge in [0.1, 0.15) is 5.82 Å². The number of nitrogens with zero attached hydrogens (tertiary/aromatic N) is 4. The summed E-state index contributed by atoms with van der Waals surface area (Å²) in [5, 5.41) is 12.9. The molecule has 0 aliphatic rings. The van der Waals surface area contributed by atoms with E-state index in [1.807, 2.05) is 48.7 Å². The van der Waals surface area contributed by atoms with Gasteiger partial charge in [0, 0.05) is 17.3 Å². The minimum Gasteiger partial charge on any atom is -0.325 e. The highest BCUT2D eigenvalue weighted by atomic mass is 35.5. The third kappa shape index (κ3) is 5.41. The van der Waals surface area contributed by atoms with Crippen molar-refractivity contribution in [2.24, 2.45) is 0 Å². The molecule has 31 heavy (non-hydrogen) atoms. The average Bonchev–Trinajstić information content (AvgIpc) is 3.36. The topological polar surface area (TPSA) is 72.7 Å². The molecule has 10 heteroatoms. The molecule has 0 bridgehead atoms. The summed E-state index contributed by atoms with van der Waals surface area (Å²) >= 11 is 10.8. The average molecular weight is 490 g/mol. The number of aryl methyl sites for hydroxylation is 1. The Morgan fingerprint density at radius 3 is 2.81 bits per heavy atom. The zero-order chi connectivity index (χ0) is 21.8. The van der Waals surface area contributed by atoms with Crippen LogP contribution in [0.15, 0.2) is 52.0 Å². The predicted molar refractivity (Wildman–Crippen MR) is 130 cm³/mol. The Hall–Kier alpha value is -2.07. The minimum atomic E-state index is -0.110. The molecule has 2 aromatic carbocycles. The molecule has 0 spiro atoms. The number of carbonyl (C=O) groups excluding carboxylic acids is 1. The highest BCUT2D eigenvalue weighted by molar-refractivity contribution is 8.00. The van der Waals surface area contributed by atoms with Gasteiger partial charge in [-0.1, -0.05) is 53.3 Å². The summed E-state index contributed by atoms with van der Waals surface area (Å²) in [6, 6.07) is 13.6. The van der Waals surface area contributed by atoms with Crippen molar-refractivity contribution in [1.82, 2.24) is 19.7 Å². The molecule has 160 valence electrons. The molecule has 0 atom stereocenters. The third-order valence-electron chi connectivity index (χ3n) is 4.50. The van der Waals surface area contributed by atoms with Crippen LogP contribution in [0.3, 0.4) is 0 Å². The maximum atomic E-state index is 12.3. The Labute approximate surface area is 197 Å². The first kappa shape index (κ1) is 22.1. The Bertz CT molecular complexity index is 1190. The fourth-order valence-electron chi connectivity index (χ4n) is 2.89. The number of thioether (sulfide) groups is 2. The standard InChI is InChI=1S/C21H20ClN5OS3/c1-3-27-18(11-30-21-24-16-6-4-5-7-17(16)31-21)25-26-20(27)29-12-19(28)23-14-9-8-13(2)15(22)10-14/h4-10H,3,11-12H2,1-2H3,(H,23,28). The molecule has 4 rings (SSSR count). The monoisotopic (exact) mass is 489 g/mol. The normalized spacial score (nSPS) is 11.2. The van der Waals surface area contributed by atoms with E-state index in [-0.39, 0.29) is 11.7 Å². The molecule has 0 radical (unpaired) electrons. The second kappa shape index (κ2) is 10.0. The van der Waals surface area contributed by atoms with Crippen molar-refractivity contribution in [3.63, 3.8) is 0 Å². The Morgan fingerprint density at radius 2 is 2.03 bits per heavy atom. The van der Waals surface area contributed by atoms with Crippen LogP contribution in [-0.2, 0) is 17.1 Å². The van der Waals surface area contributed by atoms with Gasteiger partial charge in [0.15, 0.2) is 9.50 Å². The molecule has 1 N–H and O–H groups in total. The fourth-order valence-corrected chi connectivity index (χ4v) is 5.90. The van der Waals surface area contributed by atoms with Crippen LogP contribution < -0.4 is 5.32 Å². The molecule has 0 saturated carbocycles. The Kier molecular flexibility index (Phi) is 7.16. The number of anilines is 1. The van der Waals surface area contributed by atoms with E-state index >= 15 is 0 Å². The molecular formula is C21H20ClN5OS3. The fraction of sp³-hybridized carbons (Fsp3) is 0.238. The summed E-state index contributed by atoms with van der Waals surface area (Å²) < 4.78 is 4.23. The van der Waals surface area contributed by atoms with E-state index in [9.17, 15) is 4.79 Å². The van der Waals surface area contributed by atoms with E-state index < -0.39 is 0 Å². The van der Waals surface area contributed by atoms with E-state index in [0.29, 0.717) is 16.5 Å². The number of halogens is 1. The van der Waals surface area contributed by atoms with Gasteiger partial charge in [0.05, 0.1) is 21.7 Å². The maximum Gasteiger partial charge on any atom is 0.234 e. The third-order valence-corrected chi connectivity index (χ3v) is 8.05. The van der Waals surface area contributed by atoms with Crippen LogP contribution in [0.1, 0.15) is 18.3 Å². The second-order valence-electron chi connectivity index (χ2n) is 6.68. The SMILES string of the molecule is CCn1c(CSc2nc3ccccc3s2)nnc1SCC(=O)Nc1ccc(C)c(Cl)c1. The lowest BCUT2D eigenvalue weighted by Gasteiger charge is -2.08. The van der Waals surface area contributed by atoms with Crippen molar-refractivity contribution >= 4 is 68.3 Å². The van der Waals surface area contributed by atoms with Crippen LogP contribution in [0.4, 0.5) is 5.69 Å². The van der Waals surface area contributed by atoms with Crippen LogP contribution >= 0.6 is 46.5 Å². The van der Waals surface area contributed by atoms with Gasteiger partial charge in [-0.15, -0.1) is 21.5 Å². The number of thiazole rings is 1. The largest absolute Gasteiger partial charge is 0.325 e. The summed E-state index contributed by atoms with van der Waals surface area (Å²) in [5.74, 6) is 1.69. The lowest BCUT2D eigenvalue weighted by atomic mass is 10.2. The van der Waals surface area contributed by atoms with Crippen molar-refractivity contribution in [3.05, 3.63) is 58.9 Å². The first-order valence-corrected chi connectivity index (χ1v) is 12.8. The summed E-state index contributed by atoms with van der Waals surface area (Å²) in [5.41, 5.74) is 2.68. The number of fused-ring (bicyclic) bond motifs is 1. The number of aromatic nitrogens is 4. The molecule has 0 aliphatic carbocycles. The number of benzene rings is 2. The summed E-state index contributed by atoms with van der Waals surface area (Å²) in [4.78, 5) is 17.0. The van der Waals surface area contributed by atoms with Gasteiger partial charge in [-0.3, -0.25) is 4.79 Å². The van der Waals surface area contributed by atoms with E-state index in [1.165, 1.54) is 16.5 Å². The Morgan fingerprint density at radius 1 is 1.19 bits per heavy atom. The molecule has 4 aromatic rings. The second-order valence-corrected chi connectivity index (χ2v) is 10.3. The van der Waals surface area contributed by atoms with Gasteiger partial charge in [-0.05, 0) is 43.7 Å². The van der Waals surface area contributed by atoms with E-state index in [0.717, 1.165) is 32.9 Å². The molecule has 0 fully saturated rings. The van der Waals surface area contributed by atoms with Crippen molar-refractivity contribution < 1.29 is 4.79 Å². The molecule has 0 unspecified atom stereocenters. The molecule has 2 heterocycles. The Balaban J connectivity index is 1.36. The van der Waals surface area contributed by atoms with Gasteiger partial charge >= 0.3 is 0 Å². The van der Waals surface area contributed by atoms with Gasteiger partial charge in [-0.25, -0.2) is 4.98 Å². The van der Waals surface area contributed by atoms with Crippen molar-refractivity contribution in [1.29, 1.82) is 0 Å². The summed E-state index contributed by atoms with van der Waals surface area (Å²) in [6.45, 7) is 4.71. The lowest BCUT2D eigenvalue weighted by Crippen LogP contribution is -2.14. The van der Waals surface area contributed by atoms with E-state index in [2.05, 4.69) is 26.6 Å². The van der Waals surface area contributed by atoms with Gasteiger partial charge in [0.2, 0.25) is 5.91 Å². The zero-order valence-electron chi connectivity index (χ0n) is 17.0. The molecule has 6 nitrogen and oxygen atoms in total. The quantitative estimate of drug-likeness (QED) is 0.311. The van der Waals surface area contributed by atoms with Crippen LogP contribution in [-0.4, -0.2) is 31.4 Å². The number of hydrogen-bond donors (Lipinski definition) is 1. The molecular weight excluding hydrogens is 470 g/mol. The number of nitrogens with one attached hydrogen (secondary N) is 1. The molecule has 2 aromatic heterocycles. The molecule has 0 aliphatic heterocycles. The molecule has 1 amide bonds. The van der Waals surface area contributed by atoms with Crippen molar-refractivity contribution in [3.8, 4) is 0 Å². The van der Waals surface area contributed by atoms with Crippen LogP contribution in [0.25, 0.3) is 10.2 Å². The number of rotatable bonds is 8. The number of hydrogen-bond acceptors (Lipinski definition) is 7. The minimum absolute atomic E-state index is 0.110. The van der Waals surface area contributed by atoms with Gasteiger partial charge < -0.3 is 9.88 Å². The highest BCUT2D eigenvalue weighted by Gasteiger charge is 2.15. The van der Waals surface area contributed by atoms with E-state index in [4.69, 9.17) is 11.6 Å². The summed E-state index contributed by atoms with van der Waals surface area (Å²) in [7, 11) is 0. The highest BCUT2D eigenvalue weighted by Crippen LogP contribution is 2.31. The van der Waals surface area contributed by atoms with E-state index in [1.54, 1.807) is 29.2 Å². The van der Waals surface area contributed by atoms with Crippen molar-refractivity contribution in [2.45, 2.75) is 35.6 Å². The summed E-state index contributed by atoms with van der Waals surface area (Å²) in [6.07, 6.45) is 0. The first-order chi connectivity index (χ1) is 15.0. The number of para-hydroxylation sites is 1. The van der Waals surface area contributed by atoms with Crippen LogP contribution in [0, 0.1) is 6.92 Å². The predicted octanol–water partition coefficient (Wildman–Crippen LogP) is 5.89. The van der Waals surface area contributed by atoms with Crippen molar-refractivity contribution in [2.75, 3.05) is 11.1 Å². The number of amides is 1. The smallest absolute Gasteiger partial charge is 0.234 e. The van der Waals surface area contributed by atoms with Gasteiger partial charge in [-0.2, -0.15) is 0 Å². The number of carbonyl (C=O) groups is 1.